The maximum Gasteiger partial charge on any atom is 0.227 e. The molecule has 4 aromatic rings. The van der Waals surface area contributed by atoms with Gasteiger partial charge in [0, 0.05) is 37.5 Å². The molecule has 0 unspecified atom stereocenters. The Balaban J connectivity index is 1.13. The molecule has 4 aromatic heterocycles. The smallest absolute Gasteiger partial charge is 0.227 e. The Bertz CT molecular complexity index is 1080. The molecule has 0 aromatic carbocycles. The summed E-state index contributed by atoms with van der Waals surface area (Å²) in [5.74, 6) is 2.50. The number of aromatic nitrogens is 4. The van der Waals surface area contributed by atoms with Crippen molar-refractivity contribution in [3.63, 3.8) is 0 Å². The molecule has 0 saturated carbocycles. The van der Waals surface area contributed by atoms with Gasteiger partial charge < -0.3 is 9.42 Å². The van der Waals surface area contributed by atoms with Gasteiger partial charge in [0.2, 0.25) is 11.7 Å². The predicted octanol–water partition coefficient (Wildman–Crippen LogP) is 3.87. The highest BCUT2D eigenvalue weighted by molar-refractivity contribution is 7.18. The lowest BCUT2D eigenvalue weighted by Gasteiger charge is -2.35. The first kappa shape index (κ1) is 18.7. The van der Waals surface area contributed by atoms with Gasteiger partial charge in [0.1, 0.15) is 17.0 Å². The summed E-state index contributed by atoms with van der Waals surface area (Å²) >= 11 is 3.36. The van der Waals surface area contributed by atoms with Crippen molar-refractivity contribution in [3.05, 3.63) is 40.7 Å². The van der Waals surface area contributed by atoms with Crippen molar-refractivity contribution in [2.75, 3.05) is 37.6 Å². The quantitative estimate of drug-likeness (QED) is 0.463. The van der Waals surface area contributed by atoms with Crippen LogP contribution in [0.4, 0.5) is 5.82 Å². The van der Waals surface area contributed by atoms with E-state index in [-0.39, 0.29) is 0 Å². The van der Waals surface area contributed by atoms with Gasteiger partial charge in [0.05, 0.1) is 10.3 Å². The normalized spacial score (nSPS) is 15.4. The number of aryl methyl sites for hydroxylation is 2. The van der Waals surface area contributed by atoms with E-state index in [0.29, 0.717) is 5.82 Å². The van der Waals surface area contributed by atoms with Crippen LogP contribution in [0.5, 0.6) is 0 Å². The molecule has 29 heavy (non-hydrogen) atoms. The number of hydrogen-bond donors (Lipinski definition) is 0. The third-order valence-electron chi connectivity index (χ3n) is 5.18. The van der Waals surface area contributed by atoms with E-state index in [0.717, 1.165) is 67.0 Å². The third kappa shape index (κ3) is 4.03. The summed E-state index contributed by atoms with van der Waals surface area (Å²) in [5, 5.41) is 7.29. The number of anilines is 1. The molecule has 0 aliphatic carbocycles. The first-order chi connectivity index (χ1) is 14.3. The molecule has 0 atom stereocenters. The Kier molecular flexibility index (Phi) is 5.26. The molecule has 1 saturated heterocycles. The van der Waals surface area contributed by atoms with E-state index in [9.17, 15) is 0 Å². The lowest BCUT2D eigenvalue weighted by molar-refractivity contribution is 0.250. The van der Waals surface area contributed by atoms with Crippen molar-refractivity contribution in [3.8, 4) is 10.7 Å². The third-order valence-corrected chi connectivity index (χ3v) is 7.00. The lowest BCUT2D eigenvalue weighted by Crippen LogP contribution is -2.47. The summed E-state index contributed by atoms with van der Waals surface area (Å²) in [7, 11) is 0. The highest BCUT2D eigenvalue weighted by Gasteiger charge is 2.20. The second-order valence-electron chi connectivity index (χ2n) is 7.19. The van der Waals surface area contributed by atoms with Crippen molar-refractivity contribution >= 4 is 38.7 Å². The van der Waals surface area contributed by atoms with E-state index < -0.39 is 0 Å². The zero-order valence-corrected chi connectivity index (χ0v) is 17.9. The van der Waals surface area contributed by atoms with Gasteiger partial charge in [-0.05, 0) is 37.4 Å². The van der Waals surface area contributed by atoms with Gasteiger partial charge in [-0.25, -0.2) is 9.97 Å². The number of rotatable bonds is 6. The number of fused-ring (bicyclic) bond motifs is 1. The molecule has 9 heteroatoms. The van der Waals surface area contributed by atoms with Gasteiger partial charge in [-0.2, -0.15) is 4.98 Å². The van der Waals surface area contributed by atoms with Gasteiger partial charge in [0.15, 0.2) is 0 Å². The Morgan fingerprint density at radius 2 is 2.07 bits per heavy atom. The SMILES string of the molecule is Cc1cc2c(N3CCN(CCCc4nc(-c5cccs5)no4)CC3)ncnc2s1. The topological polar surface area (TPSA) is 71.2 Å². The van der Waals surface area contributed by atoms with Crippen LogP contribution in [0.15, 0.2) is 34.4 Å². The number of hydrogen-bond acceptors (Lipinski definition) is 9. The van der Waals surface area contributed by atoms with E-state index in [1.807, 2.05) is 17.5 Å². The minimum absolute atomic E-state index is 0.698. The monoisotopic (exact) mass is 426 g/mol. The highest BCUT2D eigenvalue weighted by Crippen LogP contribution is 2.30. The summed E-state index contributed by atoms with van der Waals surface area (Å²) in [5.41, 5.74) is 0. The molecule has 5 rings (SSSR count). The number of nitrogens with zero attached hydrogens (tertiary/aromatic N) is 6. The second-order valence-corrected chi connectivity index (χ2v) is 9.38. The summed E-state index contributed by atoms with van der Waals surface area (Å²) in [6.45, 7) is 7.23. The van der Waals surface area contributed by atoms with Crippen LogP contribution < -0.4 is 4.90 Å². The van der Waals surface area contributed by atoms with Gasteiger partial charge in [0.25, 0.3) is 0 Å². The van der Waals surface area contributed by atoms with Gasteiger partial charge in [-0.1, -0.05) is 11.2 Å². The molecular weight excluding hydrogens is 404 g/mol. The van der Waals surface area contributed by atoms with Crippen LogP contribution in [0.3, 0.4) is 0 Å². The Labute approximate surface area is 177 Å². The van der Waals surface area contributed by atoms with Crippen molar-refractivity contribution in [1.29, 1.82) is 0 Å². The minimum Gasteiger partial charge on any atom is -0.353 e. The molecule has 1 aliphatic rings. The molecule has 0 amide bonds. The van der Waals surface area contributed by atoms with E-state index in [4.69, 9.17) is 4.52 Å². The number of piperazine rings is 1. The van der Waals surface area contributed by atoms with E-state index in [2.05, 4.69) is 42.9 Å². The first-order valence-electron chi connectivity index (χ1n) is 9.81. The van der Waals surface area contributed by atoms with Crippen LogP contribution in [-0.4, -0.2) is 57.7 Å². The first-order valence-corrected chi connectivity index (χ1v) is 11.5. The van der Waals surface area contributed by atoms with Gasteiger partial charge >= 0.3 is 0 Å². The van der Waals surface area contributed by atoms with Crippen LogP contribution in [0.1, 0.15) is 17.2 Å². The molecule has 1 aliphatic heterocycles. The summed E-state index contributed by atoms with van der Waals surface area (Å²) in [6.07, 6.45) is 3.53. The molecule has 0 spiro atoms. The molecule has 0 radical (unpaired) electrons. The number of thiophene rings is 2. The fourth-order valence-electron chi connectivity index (χ4n) is 3.72. The van der Waals surface area contributed by atoms with Crippen molar-refractivity contribution in [2.24, 2.45) is 0 Å². The van der Waals surface area contributed by atoms with Crippen LogP contribution >= 0.6 is 22.7 Å². The maximum atomic E-state index is 5.40. The van der Waals surface area contributed by atoms with Crippen LogP contribution in [0.2, 0.25) is 0 Å². The van der Waals surface area contributed by atoms with E-state index in [1.54, 1.807) is 29.0 Å². The minimum atomic E-state index is 0.698. The van der Waals surface area contributed by atoms with Gasteiger partial charge in [-0.3, -0.25) is 4.90 Å². The van der Waals surface area contributed by atoms with E-state index in [1.165, 1.54) is 10.3 Å². The molecule has 0 N–H and O–H groups in total. The predicted molar refractivity (Wildman–Crippen MR) is 117 cm³/mol. The standard InChI is InChI=1S/C20H22N6OS2/c1-14-12-15-19(21-13-22-20(15)29-14)26-9-7-25(8-10-26)6-2-5-17-23-18(24-27-17)16-4-3-11-28-16/h3-4,11-13H,2,5-10H2,1H3. The second kappa shape index (κ2) is 8.17. The van der Waals surface area contributed by atoms with E-state index >= 15 is 0 Å². The molecule has 150 valence electrons. The Morgan fingerprint density at radius 3 is 2.90 bits per heavy atom. The maximum absolute atomic E-state index is 5.40. The molecular formula is C20H22N6OS2. The Hall–Kier alpha value is -2.36. The van der Waals surface area contributed by atoms with Crippen LogP contribution in [0.25, 0.3) is 20.9 Å². The fourth-order valence-corrected chi connectivity index (χ4v) is 5.21. The largest absolute Gasteiger partial charge is 0.353 e. The zero-order chi connectivity index (χ0) is 19.6. The fraction of sp³-hybridized carbons (Fsp3) is 0.400. The van der Waals surface area contributed by atoms with Crippen molar-refractivity contribution in [1.82, 2.24) is 25.0 Å². The molecule has 1 fully saturated rings. The zero-order valence-electron chi connectivity index (χ0n) is 16.2. The summed E-state index contributed by atoms with van der Waals surface area (Å²) in [6, 6.07) is 6.22. The molecule has 0 bridgehead atoms. The van der Waals surface area contributed by atoms with Crippen molar-refractivity contribution in [2.45, 2.75) is 19.8 Å². The molecule has 7 nitrogen and oxygen atoms in total. The van der Waals surface area contributed by atoms with Gasteiger partial charge in [-0.15, -0.1) is 22.7 Å². The lowest BCUT2D eigenvalue weighted by atomic mass is 10.2. The summed E-state index contributed by atoms with van der Waals surface area (Å²) in [4.78, 5) is 21.8. The average Bonchev–Trinajstić information content (AvgIpc) is 3.48. The summed E-state index contributed by atoms with van der Waals surface area (Å²) < 4.78 is 5.40. The average molecular weight is 427 g/mol. The van der Waals surface area contributed by atoms with Crippen LogP contribution in [0, 0.1) is 6.92 Å². The van der Waals surface area contributed by atoms with Crippen molar-refractivity contribution < 1.29 is 4.52 Å². The molecule has 5 heterocycles. The van der Waals surface area contributed by atoms with Crippen LogP contribution in [-0.2, 0) is 6.42 Å². The Morgan fingerprint density at radius 1 is 1.17 bits per heavy atom. The highest BCUT2D eigenvalue weighted by atomic mass is 32.1.